The summed E-state index contributed by atoms with van der Waals surface area (Å²) in [6, 6.07) is 3.16. The third-order valence-corrected chi connectivity index (χ3v) is 2.85. The van der Waals surface area contributed by atoms with Gasteiger partial charge in [0.2, 0.25) is 5.88 Å². The van der Waals surface area contributed by atoms with Crippen molar-refractivity contribution in [2.75, 3.05) is 13.7 Å². The second kappa shape index (κ2) is 5.09. The molecule has 17 heavy (non-hydrogen) atoms. The molecule has 2 N–H and O–H groups in total. The molecule has 0 amide bonds. The van der Waals surface area contributed by atoms with Crippen LogP contribution in [0.3, 0.4) is 0 Å². The average molecular weight is 237 g/mol. The Balaban J connectivity index is 1.88. The minimum Gasteiger partial charge on any atom is -0.473 e. The molecule has 92 valence electrons. The highest BCUT2D eigenvalue weighted by atomic mass is 16.5. The van der Waals surface area contributed by atoms with Gasteiger partial charge in [-0.2, -0.15) is 0 Å². The Kier molecular flexibility index (Phi) is 3.53. The van der Waals surface area contributed by atoms with Gasteiger partial charge in [0.05, 0.1) is 7.11 Å². The third-order valence-electron chi connectivity index (χ3n) is 2.85. The Hall–Kier alpha value is -1.69. The molecule has 6 heteroatoms. The summed E-state index contributed by atoms with van der Waals surface area (Å²) in [5, 5.41) is 7.54. The van der Waals surface area contributed by atoms with Crippen molar-refractivity contribution in [2.45, 2.75) is 18.9 Å². The van der Waals surface area contributed by atoms with Crippen LogP contribution in [0.25, 0.3) is 0 Å². The lowest BCUT2D eigenvalue weighted by atomic mass is 9.82. The first-order chi connectivity index (χ1) is 8.22. The Morgan fingerprint density at radius 2 is 2.24 bits per heavy atom. The molecule has 2 rings (SSSR count). The summed E-state index contributed by atoms with van der Waals surface area (Å²) < 4.78 is 10.1. The van der Waals surface area contributed by atoms with Crippen molar-refractivity contribution in [2.24, 2.45) is 11.7 Å². The molecule has 0 atom stereocenters. The van der Waals surface area contributed by atoms with Crippen LogP contribution >= 0.6 is 0 Å². The summed E-state index contributed by atoms with van der Waals surface area (Å²) in [5.41, 5.74) is 5.70. The average Bonchev–Trinajstić information content (AvgIpc) is 2.33. The highest BCUT2D eigenvalue weighted by Crippen LogP contribution is 2.29. The predicted molar refractivity (Wildman–Crippen MR) is 59.6 cm³/mol. The van der Waals surface area contributed by atoms with Crippen LogP contribution in [-0.2, 0) is 4.74 Å². The molecule has 0 aliphatic heterocycles. The van der Waals surface area contributed by atoms with Crippen molar-refractivity contribution in [3.05, 3.63) is 17.8 Å². The molecule has 0 radical (unpaired) electrons. The van der Waals surface area contributed by atoms with Crippen LogP contribution in [0.5, 0.6) is 5.88 Å². The molecule has 0 unspecified atom stereocenters. The molecule has 1 fully saturated rings. The molecular weight excluding hydrogens is 222 g/mol. The van der Waals surface area contributed by atoms with Gasteiger partial charge in [0.25, 0.3) is 0 Å². The first-order valence-electron chi connectivity index (χ1n) is 5.51. The Morgan fingerprint density at radius 3 is 2.76 bits per heavy atom. The summed E-state index contributed by atoms with van der Waals surface area (Å²) >= 11 is 0. The quantitative estimate of drug-likeness (QED) is 0.762. The minimum absolute atomic E-state index is 0.168. The lowest BCUT2D eigenvalue weighted by Crippen LogP contribution is -2.37. The van der Waals surface area contributed by atoms with Crippen LogP contribution in [0.2, 0.25) is 0 Å². The number of nitrogens with two attached hydrogens (primary N) is 1. The van der Waals surface area contributed by atoms with E-state index in [2.05, 4.69) is 14.9 Å². The highest BCUT2D eigenvalue weighted by Gasteiger charge is 2.29. The maximum Gasteiger partial charge on any atom is 0.358 e. The van der Waals surface area contributed by atoms with E-state index < -0.39 is 5.97 Å². The standard InChI is InChI=1S/C11H15N3O3/c1-16-11(15)9-2-3-10(14-13-9)17-8-4-7(5-8)6-12/h2-3,7-8H,4-6,12H2,1H3. The number of ether oxygens (including phenoxy) is 2. The van der Waals surface area contributed by atoms with Gasteiger partial charge < -0.3 is 15.2 Å². The van der Waals surface area contributed by atoms with E-state index in [0.29, 0.717) is 18.3 Å². The van der Waals surface area contributed by atoms with Crippen LogP contribution < -0.4 is 10.5 Å². The van der Waals surface area contributed by atoms with Crippen LogP contribution in [-0.4, -0.2) is 35.9 Å². The van der Waals surface area contributed by atoms with Gasteiger partial charge in [-0.25, -0.2) is 4.79 Å². The largest absolute Gasteiger partial charge is 0.473 e. The summed E-state index contributed by atoms with van der Waals surface area (Å²) in [5.74, 6) is 0.483. The molecule has 0 aromatic carbocycles. The number of carbonyl (C=O) groups is 1. The molecule has 1 saturated carbocycles. The molecule has 1 aromatic rings. The van der Waals surface area contributed by atoms with Gasteiger partial charge in [-0.1, -0.05) is 0 Å². The van der Waals surface area contributed by atoms with E-state index in [-0.39, 0.29) is 11.8 Å². The SMILES string of the molecule is COC(=O)c1ccc(OC2CC(CN)C2)nn1. The zero-order valence-electron chi connectivity index (χ0n) is 9.63. The van der Waals surface area contributed by atoms with Crippen LogP contribution in [0.1, 0.15) is 23.3 Å². The van der Waals surface area contributed by atoms with Crippen molar-refractivity contribution in [1.29, 1.82) is 0 Å². The van der Waals surface area contributed by atoms with Crippen molar-refractivity contribution in [3.8, 4) is 5.88 Å². The molecule has 0 spiro atoms. The normalized spacial score (nSPS) is 22.7. The maximum absolute atomic E-state index is 11.1. The van der Waals surface area contributed by atoms with E-state index in [4.69, 9.17) is 10.5 Å². The fourth-order valence-corrected chi connectivity index (χ4v) is 1.73. The second-order valence-electron chi connectivity index (χ2n) is 4.06. The van der Waals surface area contributed by atoms with E-state index in [1.165, 1.54) is 13.2 Å². The molecule has 1 aliphatic carbocycles. The van der Waals surface area contributed by atoms with E-state index >= 15 is 0 Å². The molecule has 0 bridgehead atoms. The zero-order chi connectivity index (χ0) is 12.3. The maximum atomic E-state index is 11.1. The number of carbonyl (C=O) groups excluding carboxylic acids is 1. The van der Waals surface area contributed by atoms with Crippen molar-refractivity contribution in [1.82, 2.24) is 10.2 Å². The van der Waals surface area contributed by atoms with E-state index in [9.17, 15) is 4.79 Å². The van der Waals surface area contributed by atoms with Crippen LogP contribution in [0, 0.1) is 5.92 Å². The van der Waals surface area contributed by atoms with E-state index in [1.54, 1.807) is 6.07 Å². The first kappa shape index (κ1) is 11.8. The van der Waals surface area contributed by atoms with Crippen molar-refractivity contribution >= 4 is 5.97 Å². The van der Waals surface area contributed by atoms with Crippen LogP contribution in [0.4, 0.5) is 0 Å². The summed E-state index contributed by atoms with van der Waals surface area (Å²) in [6.07, 6.45) is 2.08. The molecule has 0 saturated heterocycles. The number of esters is 1. The number of methoxy groups -OCH3 is 1. The van der Waals surface area contributed by atoms with E-state index in [0.717, 1.165) is 12.8 Å². The van der Waals surface area contributed by atoms with Crippen molar-refractivity contribution < 1.29 is 14.3 Å². The summed E-state index contributed by atoms with van der Waals surface area (Å²) in [7, 11) is 1.30. The molecule has 1 heterocycles. The summed E-state index contributed by atoms with van der Waals surface area (Å²) in [4.78, 5) is 11.1. The number of hydrogen-bond acceptors (Lipinski definition) is 6. The molecule has 1 aromatic heterocycles. The first-order valence-corrected chi connectivity index (χ1v) is 5.51. The summed E-state index contributed by atoms with van der Waals surface area (Å²) in [6.45, 7) is 0.701. The topological polar surface area (TPSA) is 87.3 Å². The fraction of sp³-hybridized carbons (Fsp3) is 0.545. The Bertz CT molecular complexity index is 387. The highest BCUT2D eigenvalue weighted by molar-refractivity contribution is 5.86. The van der Waals surface area contributed by atoms with E-state index in [1.807, 2.05) is 0 Å². The Morgan fingerprint density at radius 1 is 1.47 bits per heavy atom. The van der Waals surface area contributed by atoms with Crippen molar-refractivity contribution in [3.63, 3.8) is 0 Å². The smallest absolute Gasteiger partial charge is 0.358 e. The van der Waals surface area contributed by atoms with Gasteiger partial charge in [-0.05, 0) is 31.4 Å². The van der Waals surface area contributed by atoms with Gasteiger partial charge >= 0.3 is 5.97 Å². The van der Waals surface area contributed by atoms with Crippen LogP contribution in [0.15, 0.2) is 12.1 Å². The monoisotopic (exact) mass is 237 g/mol. The molecular formula is C11H15N3O3. The Labute approximate surface area is 99.1 Å². The van der Waals surface area contributed by atoms with Gasteiger partial charge in [-0.3, -0.25) is 0 Å². The third kappa shape index (κ3) is 2.71. The number of rotatable bonds is 4. The molecule has 1 aliphatic rings. The number of hydrogen-bond donors (Lipinski definition) is 1. The van der Waals surface area contributed by atoms with Gasteiger partial charge in [0.1, 0.15) is 6.10 Å². The zero-order valence-corrected chi connectivity index (χ0v) is 9.63. The fourth-order valence-electron chi connectivity index (χ4n) is 1.73. The lowest BCUT2D eigenvalue weighted by Gasteiger charge is -2.33. The predicted octanol–water partition coefficient (Wildman–Crippen LogP) is 0.379. The lowest BCUT2D eigenvalue weighted by molar-refractivity contribution is 0.0584. The minimum atomic E-state index is -0.504. The van der Waals surface area contributed by atoms with Gasteiger partial charge in [0.15, 0.2) is 5.69 Å². The number of nitrogens with zero attached hydrogens (tertiary/aromatic N) is 2. The second-order valence-corrected chi connectivity index (χ2v) is 4.06. The number of aromatic nitrogens is 2. The van der Waals surface area contributed by atoms with Gasteiger partial charge in [0, 0.05) is 6.07 Å². The molecule has 6 nitrogen and oxygen atoms in total. The van der Waals surface area contributed by atoms with Gasteiger partial charge in [-0.15, -0.1) is 10.2 Å².